The number of carbonyl (C=O) groups excluding carboxylic acids is 3. The van der Waals surface area contributed by atoms with E-state index in [9.17, 15) is 18.8 Å². The van der Waals surface area contributed by atoms with Crippen molar-refractivity contribution in [3.8, 4) is 0 Å². The first-order valence-corrected chi connectivity index (χ1v) is 10.3. The summed E-state index contributed by atoms with van der Waals surface area (Å²) in [7, 11) is 1.43. The lowest BCUT2D eigenvalue weighted by atomic mass is 9.65. The number of hydrogen-bond acceptors (Lipinski definition) is 3. The summed E-state index contributed by atoms with van der Waals surface area (Å²) in [5.74, 6) is -1.34. The number of imide groups is 1. The molecular weight excluding hydrogens is 371 g/mol. The molecule has 0 aromatic heterocycles. The number of carbonyl (C=O) groups is 3. The molecule has 3 fully saturated rings. The summed E-state index contributed by atoms with van der Waals surface area (Å²) in [4.78, 5) is 41.9. The van der Waals surface area contributed by atoms with Gasteiger partial charge in [-0.15, -0.1) is 0 Å². The van der Waals surface area contributed by atoms with Crippen LogP contribution in [0.3, 0.4) is 0 Å². The lowest BCUT2D eigenvalue weighted by Gasteiger charge is -2.39. The largest absolute Gasteiger partial charge is 0.339 e. The Morgan fingerprint density at radius 2 is 1.93 bits per heavy atom. The fourth-order valence-electron chi connectivity index (χ4n) is 6.25. The molecule has 2 aliphatic heterocycles. The number of rotatable bonds is 3. The van der Waals surface area contributed by atoms with Crippen LogP contribution in [-0.4, -0.2) is 47.2 Å². The van der Waals surface area contributed by atoms with Crippen LogP contribution in [0.1, 0.15) is 58.4 Å². The Hall–Kier alpha value is -2.24. The number of halogens is 1. The van der Waals surface area contributed by atoms with Crippen molar-refractivity contribution >= 4 is 17.7 Å². The zero-order valence-electron chi connectivity index (χ0n) is 17.6. The van der Waals surface area contributed by atoms with E-state index in [1.807, 2.05) is 4.90 Å². The third-order valence-electron chi connectivity index (χ3n) is 7.11. The topological polar surface area (TPSA) is 57.7 Å². The maximum atomic E-state index is 14.0. The van der Waals surface area contributed by atoms with Gasteiger partial charge in [0.05, 0.1) is 5.41 Å². The Morgan fingerprint density at radius 3 is 2.55 bits per heavy atom. The van der Waals surface area contributed by atoms with Crippen LogP contribution < -0.4 is 0 Å². The maximum Gasteiger partial charge on any atom is 0.240 e. The highest BCUT2D eigenvalue weighted by atomic mass is 19.1. The number of likely N-dealkylation sites (tertiary alicyclic amines) is 2. The molecule has 0 radical (unpaired) electrons. The van der Waals surface area contributed by atoms with E-state index in [1.165, 1.54) is 25.2 Å². The van der Waals surface area contributed by atoms with Gasteiger partial charge in [0.15, 0.2) is 0 Å². The summed E-state index contributed by atoms with van der Waals surface area (Å²) in [5, 5.41) is 0. The van der Waals surface area contributed by atoms with Crippen LogP contribution in [0.2, 0.25) is 0 Å². The molecule has 0 N–H and O–H groups in total. The van der Waals surface area contributed by atoms with Gasteiger partial charge in [0.2, 0.25) is 17.7 Å². The van der Waals surface area contributed by atoms with Crippen molar-refractivity contribution in [1.82, 2.24) is 9.80 Å². The van der Waals surface area contributed by atoms with Gasteiger partial charge in [-0.1, -0.05) is 32.9 Å². The minimum absolute atomic E-state index is 0.0837. The first-order chi connectivity index (χ1) is 13.4. The molecule has 6 heteroatoms. The van der Waals surface area contributed by atoms with Crippen LogP contribution in [0.15, 0.2) is 24.3 Å². The van der Waals surface area contributed by atoms with Crippen LogP contribution in [0.5, 0.6) is 0 Å². The average molecular weight is 400 g/mol. The quantitative estimate of drug-likeness (QED) is 0.732. The van der Waals surface area contributed by atoms with Gasteiger partial charge in [0.1, 0.15) is 5.82 Å². The first-order valence-electron chi connectivity index (χ1n) is 10.3. The fourth-order valence-corrected chi connectivity index (χ4v) is 6.25. The summed E-state index contributed by atoms with van der Waals surface area (Å²) < 4.78 is 14.0. The third kappa shape index (κ3) is 3.26. The van der Waals surface area contributed by atoms with Crippen LogP contribution in [0.4, 0.5) is 4.39 Å². The fraction of sp³-hybridized carbons (Fsp3) is 0.609. The van der Waals surface area contributed by atoms with Crippen molar-refractivity contribution in [3.05, 3.63) is 35.6 Å². The monoisotopic (exact) mass is 400 g/mol. The van der Waals surface area contributed by atoms with Crippen LogP contribution in [0.25, 0.3) is 0 Å². The van der Waals surface area contributed by atoms with Gasteiger partial charge < -0.3 is 4.90 Å². The van der Waals surface area contributed by atoms with E-state index in [2.05, 4.69) is 20.8 Å². The summed E-state index contributed by atoms with van der Waals surface area (Å²) in [6.07, 6.45) is 2.78. The second-order valence-corrected chi connectivity index (χ2v) is 10.4. The van der Waals surface area contributed by atoms with E-state index in [1.54, 1.807) is 6.07 Å². The van der Waals surface area contributed by atoms with Gasteiger partial charge in [-0.2, -0.15) is 0 Å². The molecular formula is C23H29FN2O3. The molecule has 0 unspecified atom stereocenters. The number of likely N-dealkylation sites (N-methyl/N-ethyl adjacent to an activating group) is 1. The smallest absolute Gasteiger partial charge is 0.240 e. The Balaban J connectivity index is 1.67. The Kier molecular flexibility index (Phi) is 4.41. The van der Waals surface area contributed by atoms with Gasteiger partial charge in [-0.3, -0.25) is 19.3 Å². The highest BCUT2D eigenvalue weighted by Gasteiger charge is 2.56. The molecule has 3 aliphatic rings. The summed E-state index contributed by atoms with van der Waals surface area (Å²) >= 11 is 0. The molecule has 156 valence electrons. The average Bonchev–Trinajstić information content (AvgIpc) is 2.99. The number of hydrogen-bond donors (Lipinski definition) is 0. The molecule has 2 heterocycles. The minimum Gasteiger partial charge on any atom is -0.339 e. The standard InChI is InChI=1S/C23H29FN2O3/c1-21(2)9-17-10-22(3,13-21)14-26(17)19(28)12-23(11-18(27)25(4)20(23)29)15-6-5-7-16(24)8-15/h5-8,17H,9-14H2,1-4H3/t17-,22+,23+/m0/s1. The summed E-state index contributed by atoms with van der Waals surface area (Å²) in [5.41, 5.74) is -0.660. The maximum absolute atomic E-state index is 14.0. The third-order valence-corrected chi connectivity index (χ3v) is 7.11. The molecule has 1 saturated carbocycles. The Morgan fingerprint density at radius 1 is 1.21 bits per heavy atom. The normalized spacial score (nSPS) is 33.5. The summed E-state index contributed by atoms with van der Waals surface area (Å²) in [6.45, 7) is 7.40. The van der Waals surface area contributed by atoms with Gasteiger partial charge in [-0.05, 0) is 47.8 Å². The van der Waals surface area contributed by atoms with Crippen LogP contribution in [-0.2, 0) is 19.8 Å². The van der Waals surface area contributed by atoms with E-state index in [0.717, 1.165) is 24.2 Å². The molecule has 2 saturated heterocycles. The molecule has 29 heavy (non-hydrogen) atoms. The van der Waals surface area contributed by atoms with Gasteiger partial charge in [0.25, 0.3) is 0 Å². The zero-order chi connectivity index (χ0) is 21.2. The molecule has 0 spiro atoms. The second kappa shape index (κ2) is 6.38. The molecule has 1 aliphatic carbocycles. The van der Waals surface area contributed by atoms with E-state index in [4.69, 9.17) is 0 Å². The molecule has 3 amide bonds. The van der Waals surface area contributed by atoms with Gasteiger partial charge in [-0.25, -0.2) is 4.39 Å². The van der Waals surface area contributed by atoms with Crippen molar-refractivity contribution in [3.63, 3.8) is 0 Å². The lowest BCUT2D eigenvalue weighted by molar-refractivity contribution is -0.141. The molecule has 1 aromatic rings. The van der Waals surface area contributed by atoms with E-state index < -0.39 is 17.1 Å². The zero-order valence-corrected chi connectivity index (χ0v) is 17.6. The molecule has 2 bridgehead atoms. The molecule has 4 rings (SSSR count). The number of amides is 3. The van der Waals surface area contributed by atoms with Gasteiger partial charge >= 0.3 is 0 Å². The predicted molar refractivity (Wildman–Crippen MR) is 106 cm³/mol. The molecule has 1 aromatic carbocycles. The highest BCUT2D eigenvalue weighted by Crippen LogP contribution is 2.53. The van der Waals surface area contributed by atoms with E-state index in [0.29, 0.717) is 12.1 Å². The van der Waals surface area contributed by atoms with Crippen molar-refractivity contribution in [2.24, 2.45) is 10.8 Å². The highest BCUT2D eigenvalue weighted by molar-refractivity contribution is 6.10. The van der Waals surface area contributed by atoms with Crippen molar-refractivity contribution in [2.75, 3.05) is 13.6 Å². The SMILES string of the molecule is CN1C(=O)C[C@@](CC(=O)N2C[C@]3(C)C[C@@H]2CC(C)(C)C3)(c2cccc(F)c2)C1=O. The van der Waals surface area contributed by atoms with Crippen molar-refractivity contribution in [2.45, 2.75) is 64.3 Å². The van der Waals surface area contributed by atoms with Crippen molar-refractivity contribution < 1.29 is 18.8 Å². The van der Waals surface area contributed by atoms with Gasteiger partial charge in [0, 0.05) is 32.5 Å². The Labute approximate surface area is 171 Å². The molecule has 3 atom stereocenters. The molecule has 5 nitrogen and oxygen atoms in total. The lowest BCUT2D eigenvalue weighted by Crippen LogP contribution is -2.44. The number of fused-ring (bicyclic) bond motifs is 2. The van der Waals surface area contributed by atoms with E-state index in [-0.39, 0.29) is 41.5 Å². The predicted octanol–water partition coefficient (Wildman–Crippen LogP) is 3.27. The van der Waals surface area contributed by atoms with Crippen LogP contribution in [0, 0.1) is 16.6 Å². The summed E-state index contributed by atoms with van der Waals surface area (Å²) in [6, 6.07) is 5.92. The van der Waals surface area contributed by atoms with Crippen molar-refractivity contribution in [1.29, 1.82) is 0 Å². The van der Waals surface area contributed by atoms with Crippen LogP contribution >= 0.6 is 0 Å². The van der Waals surface area contributed by atoms with E-state index >= 15 is 0 Å². The second-order valence-electron chi connectivity index (χ2n) is 10.4. The Bertz CT molecular complexity index is 898. The number of benzene rings is 1. The minimum atomic E-state index is -1.32. The first kappa shape index (κ1) is 20.0. The number of nitrogens with zero attached hydrogens (tertiary/aromatic N) is 2.